The predicted octanol–water partition coefficient (Wildman–Crippen LogP) is 2.33. The second-order valence-corrected chi connectivity index (χ2v) is 9.02. The third kappa shape index (κ3) is 5.46. The molecular weight excluding hydrogens is 464 g/mol. The number of hydrogen-bond acceptors (Lipinski definition) is 8. The van der Waals surface area contributed by atoms with Crippen LogP contribution in [-0.2, 0) is 19.6 Å². The van der Waals surface area contributed by atoms with Gasteiger partial charge in [0, 0.05) is 30.5 Å². The smallest absolute Gasteiger partial charge is 0.289 e. The molecular formula is C19H21ClN4O7S. The zero-order chi connectivity index (χ0) is 23.3. The lowest BCUT2D eigenvalue weighted by atomic mass is 10.2. The fourth-order valence-corrected chi connectivity index (χ4v) is 4.81. The van der Waals surface area contributed by atoms with E-state index in [9.17, 15) is 23.3 Å². The van der Waals surface area contributed by atoms with Crippen LogP contribution < -0.4 is 15.4 Å². The summed E-state index contributed by atoms with van der Waals surface area (Å²) < 4.78 is 37.8. The van der Waals surface area contributed by atoms with Gasteiger partial charge in [-0.2, -0.15) is 4.31 Å². The first-order valence-corrected chi connectivity index (χ1v) is 11.3. The molecule has 0 atom stereocenters. The van der Waals surface area contributed by atoms with Crippen LogP contribution in [0.15, 0.2) is 41.3 Å². The van der Waals surface area contributed by atoms with Crippen molar-refractivity contribution >= 4 is 44.6 Å². The van der Waals surface area contributed by atoms with Gasteiger partial charge in [0.15, 0.2) is 0 Å². The average Bonchev–Trinajstić information content (AvgIpc) is 2.79. The molecule has 32 heavy (non-hydrogen) atoms. The van der Waals surface area contributed by atoms with E-state index < -0.39 is 20.9 Å². The van der Waals surface area contributed by atoms with Crippen LogP contribution in [0.4, 0.5) is 17.1 Å². The van der Waals surface area contributed by atoms with Crippen molar-refractivity contribution < 1.29 is 27.6 Å². The quantitative estimate of drug-likeness (QED) is 0.429. The highest BCUT2D eigenvalue weighted by Gasteiger charge is 2.29. The number of amides is 1. The summed E-state index contributed by atoms with van der Waals surface area (Å²) in [7, 11) is -2.49. The first kappa shape index (κ1) is 23.7. The van der Waals surface area contributed by atoms with Gasteiger partial charge in [-0.25, -0.2) is 8.42 Å². The van der Waals surface area contributed by atoms with E-state index in [4.69, 9.17) is 21.1 Å². The van der Waals surface area contributed by atoms with Gasteiger partial charge in [0.05, 0.1) is 31.8 Å². The minimum Gasteiger partial charge on any atom is -0.495 e. The second kappa shape index (κ2) is 10.1. The van der Waals surface area contributed by atoms with Crippen molar-refractivity contribution in [2.45, 2.75) is 4.90 Å². The van der Waals surface area contributed by atoms with Crippen LogP contribution in [0.2, 0.25) is 5.02 Å². The molecule has 0 bridgehead atoms. The lowest BCUT2D eigenvalue weighted by molar-refractivity contribution is -0.384. The van der Waals surface area contributed by atoms with Crippen molar-refractivity contribution in [3.63, 3.8) is 0 Å². The highest BCUT2D eigenvalue weighted by Crippen LogP contribution is 2.30. The van der Waals surface area contributed by atoms with Crippen LogP contribution in [-0.4, -0.2) is 63.5 Å². The molecule has 1 aliphatic rings. The maximum Gasteiger partial charge on any atom is 0.289 e. The third-order valence-electron chi connectivity index (χ3n) is 4.63. The molecule has 0 radical (unpaired) electrons. The number of methoxy groups -OCH3 is 1. The highest BCUT2D eigenvalue weighted by molar-refractivity contribution is 7.89. The van der Waals surface area contributed by atoms with E-state index in [1.54, 1.807) is 0 Å². The molecule has 1 heterocycles. The normalized spacial score (nSPS) is 14.6. The van der Waals surface area contributed by atoms with E-state index in [1.807, 2.05) is 0 Å². The lowest BCUT2D eigenvalue weighted by Crippen LogP contribution is -2.40. The van der Waals surface area contributed by atoms with E-state index in [0.29, 0.717) is 18.9 Å². The molecule has 0 aliphatic carbocycles. The molecule has 0 aromatic heterocycles. The summed E-state index contributed by atoms with van der Waals surface area (Å²) in [5.41, 5.74) is 0.304. The number of morpholine rings is 1. The van der Waals surface area contributed by atoms with Crippen LogP contribution in [0.25, 0.3) is 0 Å². The van der Waals surface area contributed by atoms with Crippen molar-refractivity contribution in [3.05, 3.63) is 51.5 Å². The van der Waals surface area contributed by atoms with E-state index in [2.05, 4.69) is 10.6 Å². The van der Waals surface area contributed by atoms with Gasteiger partial charge in [-0.15, -0.1) is 0 Å². The summed E-state index contributed by atoms with van der Waals surface area (Å²) in [5, 5.41) is 16.3. The summed E-state index contributed by atoms with van der Waals surface area (Å²) in [6.07, 6.45) is 0. The number of nitrogens with one attached hydrogen (secondary N) is 2. The molecule has 13 heteroatoms. The Morgan fingerprint density at radius 1 is 1.22 bits per heavy atom. The number of rotatable bonds is 8. The number of ether oxygens (including phenoxy) is 2. The van der Waals surface area contributed by atoms with Gasteiger partial charge in [-0.3, -0.25) is 14.9 Å². The molecule has 0 saturated carbocycles. The molecule has 3 rings (SSSR count). The molecule has 1 amide bonds. The van der Waals surface area contributed by atoms with Crippen molar-refractivity contribution in [3.8, 4) is 5.75 Å². The fraction of sp³-hybridized carbons (Fsp3) is 0.316. The molecule has 11 nitrogen and oxygen atoms in total. The van der Waals surface area contributed by atoms with Crippen LogP contribution in [0.3, 0.4) is 0 Å². The number of nitro benzene ring substituents is 1. The number of nitro groups is 1. The summed E-state index contributed by atoms with van der Waals surface area (Å²) in [6.45, 7) is 0.827. The van der Waals surface area contributed by atoms with Crippen molar-refractivity contribution in [1.82, 2.24) is 4.31 Å². The Hall–Kier alpha value is -2.93. The van der Waals surface area contributed by atoms with Gasteiger partial charge in [-0.1, -0.05) is 11.6 Å². The van der Waals surface area contributed by atoms with Crippen molar-refractivity contribution in [2.24, 2.45) is 0 Å². The largest absolute Gasteiger partial charge is 0.495 e. The zero-order valence-electron chi connectivity index (χ0n) is 17.0. The first-order chi connectivity index (χ1) is 15.2. The summed E-state index contributed by atoms with van der Waals surface area (Å²) in [5.74, 6) is -0.330. The number of halogens is 1. The average molecular weight is 485 g/mol. The molecule has 0 spiro atoms. The van der Waals surface area contributed by atoms with Gasteiger partial charge in [0.2, 0.25) is 15.9 Å². The summed E-state index contributed by atoms with van der Waals surface area (Å²) in [4.78, 5) is 22.6. The van der Waals surface area contributed by atoms with Crippen LogP contribution in [0.5, 0.6) is 5.75 Å². The van der Waals surface area contributed by atoms with E-state index in [-0.39, 0.29) is 46.7 Å². The molecule has 0 unspecified atom stereocenters. The molecule has 172 valence electrons. The molecule has 2 N–H and O–H groups in total. The first-order valence-electron chi connectivity index (χ1n) is 9.46. The van der Waals surface area contributed by atoms with Gasteiger partial charge in [0.1, 0.15) is 15.7 Å². The molecule has 1 aliphatic heterocycles. The SMILES string of the molecule is COc1ccc(NC(=O)CNc2ccc(Cl)c([N+](=O)[O-])c2)cc1S(=O)(=O)N1CCOCC1. The van der Waals surface area contributed by atoms with Gasteiger partial charge < -0.3 is 20.1 Å². The monoisotopic (exact) mass is 484 g/mol. The van der Waals surface area contributed by atoms with E-state index in [1.165, 1.54) is 47.8 Å². The third-order valence-corrected chi connectivity index (χ3v) is 6.87. The molecule has 2 aromatic carbocycles. The Morgan fingerprint density at radius 3 is 2.56 bits per heavy atom. The van der Waals surface area contributed by atoms with Crippen LogP contribution >= 0.6 is 11.6 Å². The Balaban J connectivity index is 1.72. The standard InChI is InChI=1S/C19H21ClN4O7S/c1-30-17-5-3-14(11-18(17)32(28,29)23-6-8-31-9-7-23)22-19(25)12-21-13-2-4-15(20)16(10-13)24(26)27/h2-5,10-11,21H,6-9,12H2,1H3,(H,22,25). The molecule has 1 fully saturated rings. The van der Waals surface area contributed by atoms with Crippen LogP contribution in [0, 0.1) is 10.1 Å². The number of anilines is 2. The maximum atomic E-state index is 13.0. The highest BCUT2D eigenvalue weighted by atomic mass is 35.5. The van der Waals surface area contributed by atoms with E-state index >= 15 is 0 Å². The number of hydrogen-bond donors (Lipinski definition) is 2. The topological polar surface area (TPSA) is 140 Å². The number of sulfonamides is 1. The maximum absolute atomic E-state index is 13.0. The Morgan fingerprint density at radius 2 is 1.91 bits per heavy atom. The van der Waals surface area contributed by atoms with E-state index in [0.717, 1.165) is 0 Å². The Bertz CT molecular complexity index is 1120. The Kier molecular flexibility index (Phi) is 7.51. The number of benzene rings is 2. The predicted molar refractivity (Wildman–Crippen MR) is 118 cm³/mol. The Labute approximate surface area is 189 Å². The minimum atomic E-state index is -3.85. The number of carbonyl (C=O) groups is 1. The van der Waals surface area contributed by atoms with Crippen molar-refractivity contribution in [2.75, 3.05) is 50.6 Å². The van der Waals surface area contributed by atoms with Crippen molar-refractivity contribution in [1.29, 1.82) is 0 Å². The fourth-order valence-electron chi connectivity index (χ4n) is 3.03. The molecule has 1 saturated heterocycles. The second-order valence-electron chi connectivity index (χ2n) is 6.71. The molecule has 2 aromatic rings. The zero-order valence-corrected chi connectivity index (χ0v) is 18.6. The summed E-state index contributed by atoms with van der Waals surface area (Å²) >= 11 is 5.78. The van der Waals surface area contributed by atoms with Gasteiger partial charge in [-0.05, 0) is 30.3 Å². The number of carbonyl (C=O) groups excluding carboxylic acids is 1. The number of nitrogens with zero attached hydrogens (tertiary/aromatic N) is 2. The summed E-state index contributed by atoms with van der Waals surface area (Å²) in [6, 6.07) is 8.38. The minimum absolute atomic E-state index is 0.0164. The lowest BCUT2D eigenvalue weighted by Gasteiger charge is -2.26. The van der Waals surface area contributed by atoms with Gasteiger partial charge in [0.25, 0.3) is 5.69 Å². The van der Waals surface area contributed by atoms with Gasteiger partial charge >= 0.3 is 0 Å². The van der Waals surface area contributed by atoms with Crippen LogP contribution in [0.1, 0.15) is 0 Å².